The van der Waals surface area contributed by atoms with Crippen LogP contribution in [0, 0.1) is 13.8 Å². The van der Waals surface area contributed by atoms with Gasteiger partial charge in [-0.2, -0.15) is 0 Å². The minimum Gasteiger partial charge on any atom is -0.493 e. The molecule has 5 nitrogen and oxygen atoms in total. The molecule has 0 N–H and O–H groups in total. The number of para-hydroxylation sites is 1. The van der Waals surface area contributed by atoms with Crippen molar-refractivity contribution in [1.29, 1.82) is 0 Å². The number of hydrogen-bond donors (Lipinski definition) is 0. The van der Waals surface area contributed by atoms with Gasteiger partial charge < -0.3 is 14.2 Å². The highest BCUT2D eigenvalue weighted by molar-refractivity contribution is 6.01. The predicted octanol–water partition coefficient (Wildman–Crippen LogP) is 4.15. The smallest absolute Gasteiger partial charge is 0.331 e. The van der Waals surface area contributed by atoms with Gasteiger partial charge in [-0.1, -0.05) is 24.3 Å². The van der Waals surface area contributed by atoms with Crippen molar-refractivity contribution in [1.82, 2.24) is 0 Å². The van der Waals surface area contributed by atoms with E-state index in [1.54, 1.807) is 50.4 Å². The van der Waals surface area contributed by atoms with E-state index in [1.807, 2.05) is 19.9 Å². The van der Waals surface area contributed by atoms with Gasteiger partial charge in [0.2, 0.25) is 5.78 Å². The van der Waals surface area contributed by atoms with Crippen molar-refractivity contribution >= 4 is 17.8 Å². The van der Waals surface area contributed by atoms with Crippen LogP contribution in [-0.4, -0.2) is 32.1 Å². The SMILES string of the molecule is COc1cccc(/C=C/C(=O)O[C@@H](C)C(=O)c2ccc(C)c(C)c2)c1OC. The molecule has 1 atom stereocenters. The third kappa shape index (κ3) is 4.97. The summed E-state index contributed by atoms with van der Waals surface area (Å²) in [5, 5.41) is 0. The molecule has 5 heteroatoms. The number of methoxy groups -OCH3 is 2. The molecule has 142 valence electrons. The monoisotopic (exact) mass is 368 g/mol. The summed E-state index contributed by atoms with van der Waals surface area (Å²) in [6.45, 7) is 5.48. The topological polar surface area (TPSA) is 61.8 Å². The van der Waals surface area contributed by atoms with E-state index in [2.05, 4.69) is 0 Å². The zero-order valence-electron chi connectivity index (χ0n) is 16.2. The summed E-state index contributed by atoms with van der Waals surface area (Å²) in [5.74, 6) is 0.234. The minimum absolute atomic E-state index is 0.237. The quantitative estimate of drug-likeness (QED) is 0.417. The summed E-state index contributed by atoms with van der Waals surface area (Å²) in [6, 6.07) is 10.8. The molecule has 0 saturated heterocycles. The summed E-state index contributed by atoms with van der Waals surface area (Å²) in [6.07, 6.45) is 1.95. The van der Waals surface area contributed by atoms with Crippen LogP contribution in [-0.2, 0) is 9.53 Å². The average Bonchev–Trinajstić information content (AvgIpc) is 2.67. The maximum atomic E-state index is 12.5. The van der Waals surface area contributed by atoms with Crippen molar-refractivity contribution in [2.24, 2.45) is 0 Å². The first-order valence-corrected chi connectivity index (χ1v) is 8.58. The molecule has 2 aromatic rings. The second kappa shape index (κ2) is 9.03. The summed E-state index contributed by atoms with van der Waals surface area (Å²) >= 11 is 0. The molecule has 0 radical (unpaired) electrons. The Morgan fingerprint density at radius 2 is 1.74 bits per heavy atom. The number of ketones is 1. The van der Waals surface area contributed by atoms with Crippen LogP contribution < -0.4 is 9.47 Å². The minimum atomic E-state index is -0.878. The Morgan fingerprint density at radius 3 is 2.37 bits per heavy atom. The Bertz CT molecular complexity index is 867. The Kier molecular flexibility index (Phi) is 6.77. The highest BCUT2D eigenvalue weighted by Crippen LogP contribution is 2.31. The number of aryl methyl sites for hydroxylation is 2. The first-order valence-electron chi connectivity index (χ1n) is 8.58. The second-order valence-electron chi connectivity index (χ2n) is 6.16. The Morgan fingerprint density at radius 1 is 1.00 bits per heavy atom. The first kappa shape index (κ1) is 20.2. The Labute approximate surface area is 159 Å². The first-order chi connectivity index (χ1) is 12.9. The van der Waals surface area contributed by atoms with Gasteiger partial charge in [0, 0.05) is 17.2 Å². The summed E-state index contributed by atoms with van der Waals surface area (Å²) in [7, 11) is 3.07. The number of ether oxygens (including phenoxy) is 3. The van der Waals surface area contributed by atoms with Crippen molar-refractivity contribution < 1.29 is 23.8 Å². The summed E-state index contributed by atoms with van der Waals surface area (Å²) in [4.78, 5) is 24.6. The molecule has 0 amide bonds. The second-order valence-corrected chi connectivity index (χ2v) is 6.16. The highest BCUT2D eigenvalue weighted by atomic mass is 16.5. The van der Waals surface area contributed by atoms with Crippen LogP contribution >= 0.6 is 0 Å². The standard InChI is InChI=1S/C22H24O5/c1-14-9-10-18(13-15(14)2)21(24)16(3)27-20(23)12-11-17-7-6-8-19(25-4)22(17)26-5/h6-13,16H,1-5H3/b12-11+/t16-/m0/s1. The number of Topliss-reactive ketones (excluding diaryl/α,β-unsaturated/α-hetero) is 1. The fraction of sp³-hybridized carbons (Fsp3) is 0.273. The average molecular weight is 368 g/mol. The zero-order valence-corrected chi connectivity index (χ0v) is 16.2. The summed E-state index contributed by atoms with van der Waals surface area (Å²) < 4.78 is 15.8. The van der Waals surface area contributed by atoms with E-state index >= 15 is 0 Å². The molecule has 0 aliphatic heterocycles. The van der Waals surface area contributed by atoms with Crippen molar-refractivity contribution in [2.45, 2.75) is 26.9 Å². The maximum Gasteiger partial charge on any atom is 0.331 e. The van der Waals surface area contributed by atoms with Crippen LogP contribution in [0.15, 0.2) is 42.5 Å². The summed E-state index contributed by atoms with van der Waals surface area (Å²) in [5.41, 5.74) is 3.31. The Balaban J connectivity index is 2.07. The van der Waals surface area contributed by atoms with Crippen LogP contribution in [0.25, 0.3) is 6.08 Å². The molecule has 0 fully saturated rings. The Hall–Kier alpha value is -3.08. The van der Waals surface area contributed by atoms with Crippen molar-refractivity contribution in [3.8, 4) is 11.5 Å². The molecule has 0 unspecified atom stereocenters. The van der Waals surface area contributed by atoms with Crippen molar-refractivity contribution in [2.75, 3.05) is 14.2 Å². The highest BCUT2D eigenvalue weighted by Gasteiger charge is 2.19. The van der Waals surface area contributed by atoms with E-state index in [0.29, 0.717) is 22.6 Å². The van der Waals surface area contributed by atoms with Gasteiger partial charge in [0.1, 0.15) is 0 Å². The van der Waals surface area contributed by atoms with Gasteiger partial charge in [-0.25, -0.2) is 4.79 Å². The number of hydrogen-bond acceptors (Lipinski definition) is 5. The van der Waals surface area contributed by atoms with Gasteiger partial charge in [-0.15, -0.1) is 0 Å². The molecular weight excluding hydrogens is 344 g/mol. The lowest BCUT2D eigenvalue weighted by Gasteiger charge is -2.12. The van der Waals surface area contributed by atoms with Gasteiger partial charge in [0.05, 0.1) is 14.2 Å². The molecule has 0 heterocycles. The van der Waals surface area contributed by atoms with Crippen LogP contribution in [0.4, 0.5) is 0 Å². The largest absolute Gasteiger partial charge is 0.493 e. The molecule has 0 aromatic heterocycles. The van der Waals surface area contributed by atoms with Gasteiger partial charge in [-0.05, 0) is 50.1 Å². The predicted molar refractivity (Wildman–Crippen MR) is 104 cm³/mol. The molecule has 0 saturated carbocycles. The van der Waals surface area contributed by atoms with Crippen LogP contribution in [0.5, 0.6) is 11.5 Å². The lowest BCUT2D eigenvalue weighted by Crippen LogP contribution is -2.23. The van der Waals surface area contributed by atoms with Gasteiger partial charge >= 0.3 is 5.97 Å². The van der Waals surface area contributed by atoms with E-state index in [0.717, 1.165) is 11.1 Å². The number of carbonyl (C=O) groups is 2. The van der Waals surface area contributed by atoms with E-state index in [9.17, 15) is 9.59 Å². The number of esters is 1. The number of rotatable bonds is 7. The van der Waals surface area contributed by atoms with E-state index in [1.165, 1.54) is 13.2 Å². The lowest BCUT2D eigenvalue weighted by atomic mass is 10.0. The van der Waals surface area contributed by atoms with Crippen LogP contribution in [0.2, 0.25) is 0 Å². The molecule has 27 heavy (non-hydrogen) atoms. The lowest BCUT2D eigenvalue weighted by molar-refractivity contribution is -0.140. The normalized spacial score (nSPS) is 11.9. The molecule has 0 bridgehead atoms. The fourth-order valence-electron chi connectivity index (χ4n) is 2.60. The van der Waals surface area contributed by atoms with Gasteiger partial charge in [-0.3, -0.25) is 4.79 Å². The molecule has 2 rings (SSSR count). The number of carbonyl (C=O) groups excluding carboxylic acids is 2. The molecule has 0 spiro atoms. The van der Waals surface area contributed by atoms with Gasteiger partial charge in [0.15, 0.2) is 17.6 Å². The fourth-order valence-corrected chi connectivity index (χ4v) is 2.60. The third-order valence-electron chi connectivity index (χ3n) is 4.29. The van der Waals surface area contributed by atoms with Gasteiger partial charge in [0.25, 0.3) is 0 Å². The van der Waals surface area contributed by atoms with Crippen LogP contribution in [0.1, 0.15) is 34.0 Å². The van der Waals surface area contributed by atoms with Crippen molar-refractivity contribution in [3.63, 3.8) is 0 Å². The molecule has 2 aromatic carbocycles. The molecule has 0 aliphatic rings. The third-order valence-corrected chi connectivity index (χ3v) is 4.29. The van der Waals surface area contributed by atoms with Crippen LogP contribution in [0.3, 0.4) is 0 Å². The van der Waals surface area contributed by atoms with Crippen molar-refractivity contribution in [3.05, 3.63) is 64.7 Å². The van der Waals surface area contributed by atoms with E-state index in [4.69, 9.17) is 14.2 Å². The van der Waals surface area contributed by atoms with E-state index in [-0.39, 0.29) is 5.78 Å². The molecule has 0 aliphatic carbocycles. The number of benzene rings is 2. The molecular formula is C22H24O5. The van der Waals surface area contributed by atoms with E-state index < -0.39 is 12.1 Å². The zero-order chi connectivity index (χ0) is 20.0. The maximum absolute atomic E-state index is 12.5.